The van der Waals surface area contributed by atoms with Gasteiger partial charge in [-0.05, 0) is 102 Å². The highest BCUT2D eigenvalue weighted by Crippen LogP contribution is 2.30. The number of aryl methyl sites for hydroxylation is 6. The number of hydrogen-bond donors (Lipinski definition) is 1. The van der Waals surface area contributed by atoms with Crippen molar-refractivity contribution >= 4 is 0 Å². The summed E-state index contributed by atoms with van der Waals surface area (Å²) in [5.41, 5.74) is 11.4. The molecule has 0 heterocycles. The third-order valence-electron chi connectivity index (χ3n) is 6.81. The Bertz CT molecular complexity index is 984. The van der Waals surface area contributed by atoms with Crippen LogP contribution in [0.25, 0.3) is 11.1 Å². The molecule has 0 unspecified atom stereocenters. The molecule has 0 aromatic heterocycles. The van der Waals surface area contributed by atoms with Crippen LogP contribution >= 0.6 is 0 Å². The molecule has 3 rings (SSSR count). The van der Waals surface area contributed by atoms with Crippen molar-refractivity contribution in [1.29, 1.82) is 0 Å². The van der Waals surface area contributed by atoms with Gasteiger partial charge in [-0.1, -0.05) is 87.9 Å². The van der Waals surface area contributed by atoms with E-state index < -0.39 is 0 Å². The smallest absolute Gasteiger partial charge is 0.0431 e. The molecule has 1 nitrogen and oxygen atoms in total. The van der Waals surface area contributed by atoms with Gasteiger partial charge in [0.05, 0.1) is 0 Å². The number of hydrogen-bond acceptors (Lipinski definition) is 1. The SMILES string of the molecule is CCCCc1ccc(CCc2ccc(-c3ccc(CCCCO)cc3CC)c(CC)c2)cc1. The Balaban J connectivity index is 1.71. The van der Waals surface area contributed by atoms with Crippen molar-refractivity contribution in [3.63, 3.8) is 0 Å². The molecule has 33 heavy (non-hydrogen) atoms. The molecule has 0 amide bonds. The van der Waals surface area contributed by atoms with E-state index in [0.29, 0.717) is 0 Å². The first-order chi connectivity index (χ1) is 16.2. The minimum atomic E-state index is 0.287. The van der Waals surface area contributed by atoms with Crippen LogP contribution in [0.4, 0.5) is 0 Å². The molecular weight excluding hydrogens is 400 g/mol. The van der Waals surface area contributed by atoms with Gasteiger partial charge in [0.25, 0.3) is 0 Å². The lowest BCUT2D eigenvalue weighted by atomic mass is 9.89. The van der Waals surface area contributed by atoms with Gasteiger partial charge in [-0.3, -0.25) is 0 Å². The van der Waals surface area contributed by atoms with Gasteiger partial charge in [-0.15, -0.1) is 0 Å². The third kappa shape index (κ3) is 7.30. The summed E-state index contributed by atoms with van der Waals surface area (Å²) >= 11 is 0. The minimum absolute atomic E-state index is 0.287. The Morgan fingerprint density at radius 1 is 0.515 bits per heavy atom. The standard InChI is InChI=1S/C32H42O/c1-4-7-10-25-12-14-26(15-13-25)16-17-28-19-21-32(30(6-3)24-28)31-20-18-27(11-8-9-22-33)23-29(31)5-2/h12-15,18-21,23-24,33H,4-11,16-17,22H2,1-3H3. The van der Waals surface area contributed by atoms with E-state index in [1.54, 1.807) is 0 Å². The lowest BCUT2D eigenvalue weighted by Gasteiger charge is -2.16. The fraction of sp³-hybridized carbons (Fsp3) is 0.438. The van der Waals surface area contributed by atoms with Crippen LogP contribution in [-0.2, 0) is 38.5 Å². The molecule has 0 fully saturated rings. The lowest BCUT2D eigenvalue weighted by Crippen LogP contribution is -1.98. The highest BCUT2D eigenvalue weighted by Gasteiger charge is 2.10. The first-order valence-corrected chi connectivity index (χ1v) is 13.1. The van der Waals surface area contributed by atoms with Gasteiger partial charge >= 0.3 is 0 Å². The zero-order valence-corrected chi connectivity index (χ0v) is 21.0. The van der Waals surface area contributed by atoms with Crippen LogP contribution in [0.3, 0.4) is 0 Å². The predicted octanol–water partition coefficient (Wildman–Crippen LogP) is 7.92. The summed E-state index contributed by atoms with van der Waals surface area (Å²) in [5.74, 6) is 0. The van der Waals surface area contributed by atoms with E-state index in [9.17, 15) is 0 Å². The van der Waals surface area contributed by atoms with E-state index in [1.165, 1.54) is 63.8 Å². The first-order valence-electron chi connectivity index (χ1n) is 13.1. The highest BCUT2D eigenvalue weighted by molar-refractivity contribution is 5.71. The molecule has 0 aliphatic rings. The van der Waals surface area contributed by atoms with E-state index in [0.717, 1.165) is 44.9 Å². The Hall–Kier alpha value is -2.38. The fourth-order valence-electron chi connectivity index (χ4n) is 4.70. The average molecular weight is 443 g/mol. The maximum absolute atomic E-state index is 9.06. The highest BCUT2D eigenvalue weighted by atomic mass is 16.2. The van der Waals surface area contributed by atoms with Crippen molar-refractivity contribution in [3.8, 4) is 11.1 Å². The van der Waals surface area contributed by atoms with Crippen LogP contribution in [-0.4, -0.2) is 11.7 Å². The van der Waals surface area contributed by atoms with E-state index in [2.05, 4.69) is 81.4 Å². The molecule has 1 N–H and O–H groups in total. The molecule has 0 saturated heterocycles. The summed E-state index contributed by atoms with van der Waals surface area (Å²) < 4.78 is 0. The molecular formula is C32H42O. The summed E-state index contributed by atoms with van der Waals surface area (Å²) in [6.45, 7) is 7.06. The number of rotatable bonds is 13. The second kappa shape index (κ2) is 13.4. The van der Waals surface area contributed by atoms with Gasteiger partial charge in [0.2, 0.25) is 0 Å². The van der Waals surface area contributed by atoms with Crippen LogP contribution in [0.2, 0.25) is 0 Å². The maximum Gasteiger partial charge on any atom is 0.0431 e. The zero-order chi connectivity index (χ0) is 23.5. The largest absolute Gasteiger partial charge is 0.396 e. The van der Waals surface area contributed by atoms with Crippen molar-refractivity contribution in [1.82, 2.24) is 0 Å². The second-order valence-electron chi connectivity index (χ2n) is 9.29. The van der Waals surface area contributed by atoms with Crippen LogP contribution in [0.15, 0.2) is 60.7 Å². The summed E-state index contributed by atoms with van der Waals surface area (Å²) in [6.07, 6.45) is 11.0. The van der Waals surface area contributed by atoms with E-state index in [4.69, 9.17) is 5.11 Å². The topological polar surface area (TPSA) is 20.2 Å². The lowest BCUT2D eigenvalue weighted by molar-refractivity contribution is 0.284. The number of aliphatic hydroxyl groups excluding tert-OH is 1. The van der Waals surface area contributed by atoms with Gasteiger partial charge in [0, 0.05) is 6.61 Å². The molecule has 0 aliphatic carbocycles. The van der Waals surface area contributed by atoms with Gasteiger partial charge in [-0.2, -0.15) is 0 Å². The van der Waals surface area contributed by atoms with Gasteiger partial charge in [0.15, 0.2) is 0 Å². The number of unbranched alkanes of at least 4 members (excludes halogenated alkanes) is 2. The van der Waals surface area contributed by atoms with E-state index in [1.807, 2.05) is 0 Å². The third-order valence-corrected chi connectivity index (χ3v) is 6.81. The Labute approximate surface area is 201 Å². The molecule has 0 aliphatic heterocycles. The van der Waals surface area contributed by atoms with Crippen molar-refractivity contribution < 1.29 is 5.11 Å². The summed E-state index contributed by atoms with van der Waals surface area (Å²) in [4.78, 5) is 0. The quantitative estimate of drug-likeness (QED) is 0.267. The van der Waals surface area contributed by atoms with Gasteiger partial charge in [0.1, 0.15) is 0 Å². The van der Waals surface area contributed by atoms with Gasteiger partial charge < -0.3 is 5.11 Å². The Kier molecular flexibility index (Phi) is 10.2. The molecule has 0 spiro atoms. The predicted molar refractivity (Wildman–Crippen MR) is 143 cm³/mol. The zero-order valence-electron chi connectivity index (χ0n) is 21.0. The molecule has 0 atom stereocenters. The van der Waals surface area contributed by atoms with Crippen LogP contribution in [0, 0.1) is 0 Å². The normalized spacial score (nSPS) is 11.2. The summed E-state index contributed by atoms with van der Waals surface area (Å²) in [6, 6.07) is 23.3. The van der Waals surface area contributed by atoms with Crippen molar-refractivity contribution in [2.24, 2.45) is 0 Å². The van der Waals surface area contributed by atoms with Crippen LogP contribution in [0.1, 0.15) is 79.8 Å². The molecule has 0 radical (unpaired) electrons. The fourth-order valence-corrected chi connectivity index (χ4v) is 4.70. The Morgan fingerprint density at radius 2 is 0.970 bits per heavy atom. The van der Waals surface area contributed by atoms with Crippen molar-refractivity contribution in [2.75, 3.05) is 6.61 Å². The van der Waals surface area contributed by atoms with Crippen LogP contribution in [0.5, 0.6) is 0 Å². The molecule has 176 valence electrons. The van der Waals surface area contributed by atoms with Crippen LogP contribution < -0.4 is 0 Å². The first kappa shape index (κ1) is 25.2. The molecule has 3 aromatic rings. The average Bonchev–Trinajstić information content (AvgIpc) is 2.86. The molecule has 3 aromatic carbocycles. The maximum atomic E-state index is 9.06. The summed E-state index contributed by atoms with van der Waals surface area (Å²) in [7, 11) is 0. The van der Waals surface area contributed by atoms with Crippen molar-refractivity contribution in [2.45, 2.75) is 85.0 Å². The number of aliphatic hydroxyl groups is 1. The molecule has 0 saturated carbocycles. The minimum Gasteiger partial charge on any atom is -0.396 e. The van der Waals surface area contributed by atoms with E-state index >= 15 is 0 Å². The second-order valence-corrected chi connectivity index (χ2v) is 9.29. The monoisotopic (exact) mass is 442 g/mol. The van der Waals surface area contributed by atoms with Gasteiger partial charge in [-0.25, -0.2) is 0 Å². The Morgan fingerprint density at radius 3 is 1.48 bits per heavy atom. The van der Waals surface area contributed by atoms with Crippen molar-refractivity contribution in [3.05, 3.63) is 94.0 Å². The molecule has 0 bridgehead atoms. The number of benzene rings is 3. The molecule has 1 heteroatoms. The summed E-state index contributed by atoms with van der Waals surface area (Å²) in [5, 5.41) is 9.06. The van der Waals surface area contributed by atoms with E-state index in [-0.39, 0.29) is 6.61 Å².